The van der Waals surface area contributed by atoms with Crippen LogP contribution in [0, 0.1) is 6.92 Å². The SMILES string of the molecule is Cc1nc(C(=O)N2CC[C@H](NC(=O)CO)C[C@H]2C(=O)N[C@@H](Cc2cccs2)C(N)=O)cs1. The molecule has 32 heavy (non-hydrogen) atoms. The van der Waals surface area contributed by atoms with Gasteiger partial charge in [-0.2, -0.15) is 0 Å². The molecule has 3 rings (SSSR count). The van der Waals surface area contributed by atoms with Crippen molar-refractivity contribution in [1.29, 1.82) is 0 Å². The third-order valence-corrected chi connectivity index (χ3v) is 6.83. The highest BCUT2D eigenvalue weighted by atomic mass is 32.1. The summed E-state index contributed by atoms with van der Waals surface area (Å²) >= 11 is 2.78. The van der Waals surface area contributed by atoms with E-state index in [1.807, 2.05) is 17.5 Å². The summed E-state index contributed by atoms with van der Waals surface area (Å²) in [7, 11) is 0. The third-order valence-electron chi connectivity index (χ3n) is 5.16. The lowest BCUT2D eigenvalue weighted by Crippen LogP contribution is -2.60. The number of nitrogens with two attached hydrogens (primary N) is 1. The van der Waals surface area contributed by atoms with Gasteiger partial charge >= 0.3 is 0 Å². The van der Waals surface area contributed by atoms with E-state index in [1.54, 1.807) is 12.3 Å². The highest BCUT2D eigenvalue weighted by Crippen LogP contribution is 2.22. The average molecular weight is 480 g/mol. The number of amides is 4. The first-order valence-corrected chi connectivity index (χ1v) is 11.8. The van der Waals surface area contributed by atoms with E-state index < -0.39 is 48.4 Å². The van der Waals surface area contributed by atoms with Crippen molar-refractivity contribution in [3.63, 3.8) is 0 Å². The first-order valence-electron chi connectivity index (χ1n) is 10.0. The molecule has 4 amide bonds. The van der Waals surface area contributed by atoms with Crippen LogP contribution in [0.1, 0.15) is 33.2 Å². The zero-order valence-corrected chi connectivity index (χ0v) is 19.1. The normalized spacial score (nSPS) is 19.2. The van der Waals surface area contributed by atoms with Gasteiger partial charge in [0, 0.05) is 29.3 Å². The number of primary amides is 1. The molecule has 0 radical (unpaired) electrons. The van der Waals surface area contributed by atoms with Gasteiger partial charge in [-0.1, -0.05) is 6.07 Å². The Morgan fingerprint density at radius 3 is 2.72 bits per heavy atom. The van der Waals surface area contributed by atoms with Gasteiger partial charge in [0.25, 0.3) is 5.91 Å². The van der Waals surface area contributed by atoms with Crippen LogP contribution in [0.15, 0.2) is 22.9 Å². The molecule has 10 nitrogen and oxygen atoms in total. The van der Waals surface area contributed by atoms with Crippen molar-refractivity contribution >= 4 is 46.3 Å². The molecule has 0 unspecified atom stereocenters. The Hall–Kier alpha value is -2.83. The number of carbonyl (C=O) groups excluding carboxylic acids is 4. The minimum absolute atomic E-state index is 0.136. The lowest BCUT2D eigenvalue weighted by molar-refractivity contribution is -0.132. The number of nitrogens with zero attached hydrogens (tertiary/aromatic N) is 2. The topological polar surface area (TPSA) is 155 Å². The molecule has 3 atom stereocenters. The predicted molar refractivity (Wildman–Crippen MR) is 119 cm³/mol. The molecule has 1 fully saturated rings. The van der Waals surface area contributed by atoms with Crippen LogP contribution in [0.25, 0.3) is 0 Å². The molecule has 1 aliphatic rings. The number of carbonyl (C=O) groups is 4. The molecular formula is C20H25N5O5S2. The number of aliphatic hydroxyl groups excluding tert-OH is 1. The lowest BCUT2D eigenvalue weighted by Gasteiger charge is -2.38. The fourth-order valence-electron chi connectivity index (χ4n) is 3.59. The van der Waals surface area contributed by atoms with Crippen molar-refractivity contribution in [2.75, 3.05) is 13.2 Å². The largest absolute Gasteiger partial charge is 0.387 e. The third kappa shape index (κ3) is 5.90. The van der Waals surface area contributed by atoms with Crippen molar-refractivity contribution in [2.24, 2.45) is 5.73 Å². The smallest absolute Gasteiger partial charge is 0.274 e. The number of thiazole rings is 1. The second-order valence-electron chi connectivity index (χ2n) is 7.46. The monoisotopic (exact) mass is 479 g/mol. The standard InChI is InChI=1S/C20H25N5O5S2/c1-11-22-15(10-32-11)20(30)25-5-4-12(23-17(27)9-26)7-16(25)19(29)24-14(18(21)28)8-13-3-2-6-31-13/h2-3,6,10,12,14,16,26H,4-5,7-9H2,1H3,(H2,21,28)(H,23,27)(H,24,29)/t12-,14-,16-/m0/s1. The summed E-state index contributed by atoms with van der Waals surface area (Å²) in [6.07, 6.45) is 0.797. The summed E-state index contributed by atoms with van der Waals surface area (Å²) in [4.78, 5) is 56.4. The molecule has 0 spiro atoms. The van der Waals surface area contributed by atoms with Gasteiger partial charge in [-0.25, -0.2) is 4.98 Å². The molecule has 0 saturated carbocycles. The molecule has 5 N–H and O–H groups in total. The van der Waals surface area contributed by atoms with Gasteiger partial charge in [0.2, 0.25) is 17.7 Å². The van der Waals surface area contributed by atoms with Crippen molar-refractivity contribution in [2.45, 2.75) is 44.3 Å². The molecule has 2 aromatic heterocycles. The lowest BCUT2D eigenvalue weighted by atomic mass is 9.95. The van der Waals surface area contributed by atoms with Gasteiger partial charge in [0.15, 0.2) is 0 Å². The zero-order chi connectivity index (χ0) is 23.3. The van der Waals surface area contributed by atoms with Gasteiger partial charge in [-0.05, 0) is 31.2 Å². The number of likely N-dealkylation sites (tertiary alicyclic amines) is 1. The molecule has 12 heteroatoms. The van der Waals surface area contributed by atoms with Crippen LogP contribution in [0.4, 0.5) is 0 Å². The Morgan fingerprint density at radius 1 is 1.34 bits per heavy atom. The van der Waals surface area contributed by atoms with Crippen LogP contribution < -0.4 is 16.4 Å². The number of hydrogen-bond acceptors (Lipinski definition) is 8. The first kappa shape index (κ1) is 23.8. The average Bonchev–Trinajstić information content (AvgIpc) is 3.44. The second-order valence-corrected chi connectivity index (χ2v) is 9.55. The zero-order valence-electron chi connectivity index (χ0n) is 17.4. The molecule has 0 aliphatic carbocycles. The van der Waals surface area contributed by atoms with Crippen LogP contribution in [-0.4, -0.2) is 69.9 Å². The van der Waals surface area contributed by atoms with Gasteiger partial charge in [-0.3, -0.25) is 19.2 Å². The van der Waals surface area contributed by atoms with Gasteiger partial charge in [0.05, 0.1) is 5.01 Å². The summed E-state index contributed by atoms with van der Waals surface area (Å²) in [5.74, 6) is -2.17. The number of rotatable bonds is 8. The van der Waals surface area contributed by atoms with Crippen LogP contribution in [-0.2, 0) is 20.8 Å². The van der Waals surface area contributed by atoms with Crippen molar-refractivity contribution in [3.8, 4) is 0 Å². The van der Waals surface area contributed by atoms with E-state index in [1.165, 1.54) is 27.6 Å². The molecule has 1 saturated heterocycles. The summed E-state index contributed by atoms with van der Waals surface area (Å²) in [6.45, 7) is 1.32. The quantitative estimate of drug-likeness (QED) is 0.411. The summed E-state index contributed by atoms with van der Waals surface area (Å²) in [6, 6.07) is 1.40. The molecule has 172 valence electrons. The Kier molecular flexibility index (Phi) is 7.94. The Balaban J connectivity index is 1.79. The first-order chi connectivity index (χ1) is 15.3. The van der Waals surface area contributed by atoms with E-state index in [2.05, 4.69) is 15.6 Å². The van der Waals surface area contributed by atoms with E-state index in [-0.39, 0.29) is 25.1 Å². The number of nitrogens with one attached hydrogen (secondary N) is 2. The van der Waals surface area contributed by atoms with Gasteiger partial charge in [-0.15, -0.1) is 22.7 Å². The maximum absolute atomic E-state index is 13.2. The second kappa shape index (κ2) is 10.7. The highest BCUT2D eigenvalue weighted by molar-refractivity contribution is 7.10. The number of aryl methyl sites for hydroxylation is 1. The molecule has 1 aliphatic heterocycles. The van der Waals surface area contributed by atoms with E-state index in [9.17, 15) is 19.2 Å². The Bertz CT molecular complexity index is 977. The fraction of sp³-hybridized carbons (Fsp3) is 0.450. The maximum Gasteiger partial charge on any atom is 0.274 e. The van der Waals surface area contributed by atoms with E-state index in [4.69, 9.17) is 10.8 Å². The molecule has 0 aromatic carbocycles. The van der Waals surface area contributed by atoms with E-state index in [0.717, 1.165) is 9.88 Å². The Labute approximate surface area is 192 Å². The minimum Gasteiger partial charge on any atom is -0.387 e. The molecule has 3 heterocycles. The summed E-state index contributed by atoms with van der Waals surface area (Å²) in [5, 5.41) is 18.6. The minimum atomic E-state index is -0.938. The summed E-state index contributed by atoms with van der Waals surface area (Å²) in [5.41, 5.74) is 5.75. The number of thiophene rings is 1. The molecule has 0 bridgehead atoms. The number of hydrogen-bond donors (Lipinski definition) is 4. The predicted octanol–water partition coefficient (Wildman–Crippen LogP) is -0.192. The Morgan fingerprint density at radius 2 is 2.12 bits per heavy atom. The van der Waals surface area contributed by atoms with Gasteiger partial charge < -0.3 is 26.4 Å². The number of aliphatic hydroxyl groups is 1. The maximum atomic E-state index is 13.2. The molecule has 2 aromatic rings. The van der Waals surface area contributed by atoms with Crippen LogP contribution >= 0.6 is 22.7 Å². The highest BCUT2D eigenvalue weighted by Gasteiger charge is 2.38. The number of aromatic nitrogens is 1. The van der Waals surface area contributed by atoms with E-state index in [0.29, 0.717) is 6.42 Å². The van der Waals surface area contributed by atoms with Crippen molar-refractivity contribution < 1.29 is 24.3 Å². The van der Waals surface area contributed by atoms with Crippen molar-refractivity contribution in [3.05, 3.63) is 38.5 Å². The van der Waals surface area contributed by atoms with Crippen LogP contribution in [0.5, 0.6) is 0 Å². The molecular weight excluding hydrogens is 454 g/mol. The van der Waals surface area contributed by atoms with Gasteiger partial charge in [0.1, 0.15) is 24.4 Å². The van der Waals surface area contributed by atoms with E-state index >= 15 is 0 Å². The summed E-state index contributed by atoms with van der Waals surface area (Å²) < 4.78 is 0. The number of piperidine rings is 1. The van der Waals surface area contributed by atoms with Crippen LogP contribution in [0.3, 0.4) is 0 Å². The van der Waals surface area contributed by atoms with Crippen molar-refractivity contribution in [1.82, 2.24) is 20.5 Å². The van der Waals surface area contributed by atoms with Crippen LogP contribution in [0.2, 0.25) is 0 Å². The fourth-order valence-corrected chi connectivity index (χ4v) is 4.93.